The van der Waals surface area contributed by atoms with Crippen LogP contribution in [0.5, 0.6) is 0 Å². The molecule has 2 aliphatic rings. The van der Waals surface area contributed by atoms with Crippen LogP contribution in [0.1, 0.15) is 37.2 Å². The number of rotatable bonds is 6. The number of halogens is 1. The zero-order valence-electron chi connectivity index (χ0n) is 19.3. The van der Waals surface area contributed by atoms with Gasteiger partial charge in [0.2, 0.25) is 5.95 Å². The van der Waals surface area contributed by atoms with Crippen LogP contribution in [0.15, 0.2) is 54.9 Å². The summed E-state index contributed by atoms with van der Waals surface area (Å²) in [5, 5.41) is 8.53. The molecule has 0 atom stereocenters. The fraction of sp³-hybridized carbons (Fsp3) is 0.333. The topological polar surface area (TPSA) is 68.9 Å². The molecule has 2 aromatic heterocycles. The first-order valence-electron chi connectivity index (χ1n) is 12.1. The molecule has 6 nitrogen and oxygen atoms in total. The van der Waals surface area contributed by atoms with E-state index in [1.54, 1.807) is 6.20 Å². The minimum Gasteiger partial charge on any atom is -0.371 e. The third-order valence-corrected chi connectivity index (χ3v) is 7.38. The van der Waals surface area contributed by atoms with E-state index < -0.39 is 0 Å². The van der Waals surface area contributed by atoms with Gasteiger partial charge in [-0.3, -0.25) is 0 Å². The average Bonchev–Trinajstić information content (AvgIpc) is 3.64. The second-order valence-electron chi connectivity index (χ2n) is 9.40. The predicted octanol–water partition coefficient (Wildman–Crippen LogP) is 6.09. The van der Waals surface area contributed by atoms with Gasteiger partial charge in [-0.25, -0.2) is 9.97 Å². The van der Waals surface area contributed by atoms with Crippen molar-refractivity contribution >= 4 is 39.8 Å². The van der Waals surface area contributed by atoms with Gasteiger partial charge in [-0.05, 0) is 68.5 Å². The Bertz CT molecular complexity index is 1320. The number of H-pyrrole nitrogens is 1. The van der Waals surface area contributed by atoms with Gasteiger partial charge in [0.15, 0.2) is 0 Å². The zero-order chi connectivity index (χ0) is 23.1. The molecule has 0 unspecified atom stereocenters. The van der Waals surface area contributed by atoms with Crippen molar-refractivity contribution in [2.75, 3.05) is 30.4 Å². The van der Waals surface area contributed by atoms with Gasteiger partial charge in [0.05, 0.1) is 16.9 Å². The third kappa shape index (κ3) is 4.24. The number of hydrogen-bond donors (Lipinski definition) is 3. The Morgan fingerprint density at radius 3 is 2.68 bits per heavy atom. The van der Waals surface area contributed by atoms with Crippen LogP contribution in [0.25, 0.3) is 22.2 Å². The summed E-state index contributed by atoms with van der Waals surface area (Å²) >= 11 is 6.54. The standard InChI is InChI=1S/C27H29ClN6/c1-29-19-8-10-34(11-9-19)21-13-18(17-6-7-17)12-20(14-21)32-27-31-16-24(28)26(33-27)23-15-30-25-5-3-2-4-22(23)25/h2-5,12-17,19,29-30H,6-11H2,1H3,(H,31,32,33). The molecular weight excluding hydrogens is 444 g/mol. The summed E-state index contributed by atoms with van der Waals surface area (Å²) in [5.41, 5.74) is 6.48. The van der Waals surface area contributed by atoms with Crippen molar-refractivity contribution in [3.8, 4) is 11.3 Å². The van der Waals surface area contributed by atoms with Crippen LogP contribution in [0, 0.1) is 0 Å². The van der Waals surface area contributed by atoms with E-state index in [2.05, 4.69) is 62.9 Å². The van der Waals surface area contributed by atoms with Crippen LogP contribution in [-0.2, 0) is 0 Å². The molecule has 1 saturated heterocycles. The van der Waals surface area contributed by atoms with Gasteiger partial charge in [0.1, 0.15) is 0 Å². The highest BCUT2D eigenvalue weighted by Gasteiger charge is 2.26. The van der Waals surface area contributed by atoms with E-state index in [-0.39, 0.29) is 0 Å². The maximum atomic E-state index is 6.54. The van der Waals surface area contributed by atoms with Crippen LogP contribution < -0.4 is 15.5 Å². The van der Waals surface area contributed by atoms with Gasteiger partial charge in [0, 0.05) is 53.2 Å². The fourth-order valence-electron chi connectivity index (χ4n) is 4.98. The summed E-state index contributed by atoms with van der Waals surface area (Å²) in [4.78, 5) is 15.1. The quantitative estimate of drug-likeness (QED) is 0.317. The molecule has 174 valence electrons. The second-order valence-corrected chi connectivity index (χ2v) is 9.81. The van der Waals surface area contributed by atoms with E-state index in [1.165, 1.54) is 36.9 Å². The molecule has 2 aromatic carbocycles. The van der Waals surface area contributed by atoms with Crippen molar-refractivity contribution < 1.29 is 0 Å². The van der Waals surface area contributed by atoms with Crippen LogP contribution in [0.2, 0.25) is 5.02 Å². The number of piperidine rings is 1. The third-order valence-electron chi connectivity index (χ3n) is 7.10. The molecule has 0 radical (unpaired) electrons. The van der Waals surface area contributed by atoms with E-state index in [4.69, 9.17) is 16.6 Å². The smallest absolute Gasteiger partial charge is 0.227 e. The molecule has 3 heterocycles. The molecule has 0 amide bonds. The summed E-state index contributed by atoms with van der Waals surface area (Å²) < 4.78 is 0. The van der Waals surface area contributed by atoms with Crippen LogP contribution in [0.4, 0.5) is 17.3 Å². The molecule has 1 aliphatic carbocycles. The lowest BCUT2D eigenvalue weighted by atomic mass is 10.0. The Hall–Kier alpha value is -3.09. The fourth-order valence-corrected chi connectivity index (χ4v) is 5.17. The summed E-state index contributed by atoms with van der Waals surface area (Å²) in [6.07, 6.45) is 8.52. The molecule has 1 aliphatic heterocycles. The lowest BCUT2D eigenvalue weighted by Gasteiger charge is -2.34. The predicted molar refractivity (Wildman–Crippen MR) is 140 cm³/mol. The van der Waals surface area contributed by atoms with E-state index in [0.717, 1.165) is 40.9 Å². The first-order valence-corrected chi connectivity index (χ1v) is 12.5. The Kier molecular flexibility index (Phi) is 5.63. The first kappa shape index (κ1) is 21.4. The van der Waals surface area contributed by atoms with Crippen molar-refractivity contribution in [3.05, 3.63) is 65.4 Å². The summed E-state index contributed by atoms with van der Waals surface area (Å²) in [6.45, 7) is 2.14. The van der Waals surface area contributed by atoms with Crippen molar-refractivity contribution in [1.29, 1.82) is 0 Å². The molecule has 3 N–H and O–H groups in total. The van der Waals surface area contributed by atoms with Gasteiger partial charge in [-0.2, -0.15) is 0 Å². The number of anilines is 3. The van der Waals surface area contributed by atoms with E-state index in [1.807, 2.05) is 18.3 Å². The van der Waals surface area contributed by atoms with Crippen LogP contribution >= 0.6 is 11.6 Å². The molecule has 6 rings (SSSR count). The molecule has 1 saturated carbocycles. The van der Waals surface area contributed by atoms with E-state index in [0.29, 0.717) is 22.9 Å². The Morgan fingerprint density at radius 1 is 1.06 bits per heavy atom. The summed E-state index contributed by atoms with van der Waals surface area (Å²) in [6, 6.07) is 15.7. The van der Waals surface area contributed by atoms with Gasteiger partial charge in [-0.1, -0.05) is 29.8 Å². The van der Waals surface area contributed by atoms with Crippen LogP contribution in [-0.4, -0.2) is 41.1 Å². The molecule has 7 heteroatoms. The van der Waals surface area contributed by atoms with Gasteiger partial charge in [0.25, 0.3) is 0 Å². The number of benzene rings is 2. The number of hydrogen-bond acceptors (Lipinski definition) is 5. The Morgan fingerprint density at radius 2 is 1.88 bits per heavy atom. The maximum Gasteiger partial charge on any atom is 0.227 e. The molecule has 0 spiro atoms. The van der Waals surface area contributed by atoms with Crippen molar-refractivity contribution in [2.45, 2.75) is 37.6 Å². The van der Waals surface area contributed by atoms with Gasteiger partial charge < -0.3 is 20.5 Å². The van der Waals surface area contributed by atoms with Crippen LogP contribution in [0.3, 0.4) is 0 Å². The largest absolute Gasteiger partial charge is 0.371 e. The Labute approximate surface area is 204 Å². The molecule has 4 aromatic rings. The van der Waals surface area contributed by atoms with Crippen molar-refractivity contribution in [2.24, 2.45) is 0 Å². The highest BCUT2D eigenvalue weighted by molar-refractivity contribution is 6.33. The lowest BCUT2D eigenvalue weighted by Crippen LogP contribution is -2.41. The number of aromatic nitrogens is 3. The molecule has 0 bridgehead atoms. The highest BCUT2D eigenvalue weighted by atomic mass is 35.5. The number of nitrogens with zero attached hydrogens (tertiary/aromatic N) is 3. The highest BCUT2D eigenvalue weighted by Crippen LogP contribution is 2.43. The molecular formula is C27H29ClN6. The van der Waals surface area contributed by atoms with Gasteiger partial charge in [-0.15, -0.1) is 0 Å². The lowest BCUT2D eigenvalue weighted by molar-refractivity contribution is 0.442. The van der Waals surface area contributed by atoms with E-state index in [9.17, 15) is 0 Å². The number of para-hydroxylation sites is 1. The maximum absolute atomic E-state index is 6.54. The van der Waals surface area contributed by atoms with Gasteiger partial charge >= 0.3 is 0 Å². The van der Waals surface area contributed by atoms with Crippen molar-refractivity contribution in [3.63, 3.8) is 0 Å². The minimum absolute atomic E-state index is 0.537. The first-order chi connectivity index (χ1) is 16.7. The second kappa shape index (κ2) is 8.93. The zero-order valence-corrected chi connectivity index (χ0v) is 20.1. The molecule has 34 heavy (non-hydrogen) atoms. The minimum atomic E-state index is 0.537. The summed E-state index contributed by atoms with van der Waals surface area (Å²) in [7, 11) is 2.06. The SMILES string of the molecule is CNC1CCN(c2cc(Nc3ncc(Cl)c(-c4c[nH]c5ccccc45)n3)cc(C3CC3)c2)CC1. The van der Waals surface area contributed by atoms with Crippen molar-refractivity contribution in [1.82, 2.24) is 20.3 Å². The Balaban J connectivity index is 1.31. The molecule has 2 fully saturated rings. The number of fused-ring (bicyclic) bond motifs is 1. The van der Waals surface area contributed by atoms with E-state index >= 15 is 0 Å². The normalized spacial score (nSPS) is 16.8. The summed E-state index contributed by atoms with van der Waals surface area (Å²) in [5.74, 6) is 1.22. The monoisotopic (exact) mass is 472 g/mol. The number of aromatic amines is 1. The number of nitrogens with one attached hydrogen (secondary N) is 3. The average molecular weight is 473 g/mol.